The summed E-state index contributed by atoms with van der Waals surface area (Å²) in [6, 6.07) is 3.22. The minimum Gasteiger partial charge on any atom is -0.669 e. The SMILES string of the molecule is [NH3+][C@H]1CN[C@H](C(=O)N2CC(Oc3ccc4c(c3C(=O)O)O[B-](O)(O)CC4)C2)C1. The van der Waals surface area contributed by atoms with Gasteiger partial charge >= 0.3 is 12.7 Å². The van der Waals surface area contributed by atoms with Gasteiger partial charge in [-0.2, -0.15) is 0 Å². The second-order valence-electron chi connectivity index (χ2n) is 7.79. The van der Waals surface area contributed by atoms with Crippen molar-refractivity contribution in [3.8, 4) is 11.5 Å². The molecule has 11 heteroatoms. The average molecular weight is 393 g/mol. The molecule has 28 heavy (non-hydrogen) atoms. The van der Waals surface area contributed by atoms with Crippen molar-refractivity contribution in [2.75, 3.05) is 19.6 Å². The fourth-order valence-electron chi connectivity index (χ4n) is 3.92. The summed E-state index contributed by atoms with van der Waals surface area (Å²) in [5.41, 5.74) is 4.32. The molecule has 0 aliphatic carbocycles. The summed E-state index contributed by atoms with van der Waals surface area (Å²) < 4.78 is 11.0. The molecule has 3 aliphatic rings. The highest BCUT2D eigenvalue weighted by Gasteiger charge is 2.40. The minimum atomic E-state index is -3.08. The standard InChI is InChI=1S/C17H23BN3O7/c19-10-5-12(20-6-10)16(22)21-7-11(8-21)27-13-2-1-9-3-4-18(25,26)28-15(9)14(13)17(23)24/h1-2,10-12,20,25-26H,3-8,19H2,(H,23,24)/q-1/p+1/t10-,12+/m1/s1. The number of hydrogen-bond donors (Lipinski definition) is 5. The molecule has 1 aromatic rings. The van der Waals surface area contributed by atoms with E-state index < -0.39 is 12.7 Å². The molecule has 1 amide bonds. The number of likely N-dealkylation sites (tertiary alicyclic amines) is 1. The first-order valence-corrected chi connectivity index (χ1v) is 9.44. The Bertz CT molecular complexity index is 812. The van der Waals surface area contributed by atoms with Gasteiger partial charge in [-0.05, 0) is 18.1 Å². The van der Waals surface area contributed by atoms with Gasteiger partial charge in [-0.15, -0.1) is 0 Å². The second kappa shape index (κ2) is 6.92. The van der Waals surface area contributed by atoms with Crippen molar-refractivity contribution in [3.05, 3.63) is 23.3 Å². The van der Waals surface area contributed by atoms with Crippen LogP contribution in [0.4, 0.5) is 0 Å². The number of amides is 1. The predicted octanol–water partition coefficient (Wildman–Crippen LogP) is -2.19. The Morgan fingerprint density at radius 1 is 1.32 bits per heavy atom. The van der Waals surface area contributed by atoms with Gasteiger partial charge in [0.05, 0.1) is 30.9 Å². The van der Waals surface area contributed by atoms with Crippen LogP contribution in [0.25, 0.3) is 0 Å². The molecule has 4 rings (SSSR count). The molecule has 3 heterocycles. The average Bonchev–Trinajstić information content (AvgIpc) is 3.02. The minimum absolute atomic E-state index is 0.00581. The van der Waals surface area contributed by atoms with Gasteiger partial charge in [-0.25, -0.2) is 4.79 Å². The van der Waals surface area contributed by atoms with E-state index in [1.807, 2.05) is 0 Å². The lowest BCUT2D eigenvalue weighted by Crippen LogP contribution is -2.62. The molecule has 0 saturated carbocycles. The molecule has 0 spiro atoms. The van der Waals surface area contributed by atoms with Gasteiger partial charge in [0.1, 0.15) is 17.4 Å². The van der Waals surface area contributed by atoms with E-state index in [4.69, 9.17) is 9.39 Å². The van der Waals surface area contributed by atoms with Crippen molar-refractivity contribution in [2.45, 2.75) is 37.3 Å². The van der Waals surface area contributed by atoms with Crippen molar-refractivity contribution >= 4 is 18.6 Å². The van der Waals surface area contributed by atoms with Crippen molar-refractivity contribution < 1.29 is 39.9 Å². The second-order valence-corrected chi connectivity index (χ2v) is 7.79. The summed E-state index contributed by atoms with van der Waals surface area (Å²) in [6.07, 6.45) is 0.683. The van der Waals surface area contributed by atoms with Gasteiger partial charge in [-0.3, -0.25) is 10.1 Å². The highest BCUT2D eigenvalue weighted by atomic mass is 16.6. The molecule has 152 valence electrons. The summed E-state index contributed by atoms with van der Waals surface area (Å²) in [5, 5.41) is 32.3. The zero-order valence-electron chi connectivity index (χ0n) is 15.3. The monoisotopic (exact) mass is 393 g/mol. The fraction of sp³-hybridized carbons (Fsp3) is 0.529. The highest BCUT2D eigenvalue weighted by Crippen LogP contribution is 2.39. The Morgan fingerprint density at radius 2 is 2.07 bits per heavy atom. The Labute approximate surface area is 161 Å². The Kier molecular flexibility index (Phi) is 4.70. The van der Waals surface area contributed by atoms with Crippen LogP contribution >= 0.6 is 0 Å². The lowest BCUT2D eigenvalue weighted by atomic mass is 9.70. The maximum atomic E-state index is 12.4. The molecular weight excluding hydrogens is 369 g/mol. The summed E-state index contributed by atoms with van der Waals surface area (Å²) >= 11 is 0. The highest BCUT2D eigenvalue weighted by molar-refractivity contribution is 6.59. The molecule has 2 saturated heterocycles. The van der Waals surface area contributed by atoms with Crippen molar-refractivity contribution in [1.29, 1.82) is 0 Å². The Balaban J connectivity index is 1.45. The lowest BCUT2D eigenvalue weighted by Gasteiger charge is -2.41. The first-order chi connectivity index (χ1) is 13.2. The van der Waals surface area contributed by atoms with Crippen LogP contribution < -0.4 is 20.4 Å². The number of quaternary nitrogens is 1. The van der Waals surface area contributed by atoms with E-state index in [1.165, 1.54) is 0 Å². The van der Waals surface area contributed by atoms with Crippen molar-refractivity contribution in [3.63, 3.8) is 0 Å². The molecule has 3 aliphatic heterocycles. The summed E-state index contributed by atoms with van der Waals surface area (Å²) in [4.78, 5) is 25.9. The van der Waals surface area contributed by atoms with E-state index in [0.717, 1.165) is 6.54 Å². The van der Waals surface area contributed by atoms with E-state index in [0.29, 0.717) is 31.5 Å². The normalized spacial score (nSPS) is 26.2. The molecule has 10 nitrogen and oxygen atoms in total. The number of carboxylic acid groups (broad SMARTS) is 1. The first-order valence-electron chi connectivity index (χ1n) is 9.44. The van der Waals surface area contributed by atoms with Crippen LogP contribution in [0, 0.1) is 0 Å². The number of benzene rings is 1. The van der Waals surface area contributed by atoms with E-state index in [-0.39, 0.29) is 47.5 Å². The number of carboxylic acids is 1. The van der Waals surface area contributed by atoms with Crippen molar-refractivity contribution in [2.24, 2.45) is 0 Å². The van der Waals surface area contributed by atoms with E-state index in [2.05, 4.69) is 11.1 Å². The zero-order valence-corrected chi connectivity index (χ0v) is 15.3. The van der Waals surface area contributed by atoms with Crippen molar-refractivity contribution in [1.82, 2.24) is 10.2 Å². The van der Waals surface area contributed by atoms with Crippen LogP contribution in [0.5, 0.6) is 11.5 Å². The zero-order chi connectivity index (χ0) is 20.1. The van der Waals surface area contributed by atoms with E-state index >= 15 is 0 Å². The van der Waals surface area contributed by atoms with Gasteiger partial charge in [0.25, 0.3) is 0 Å². The van der Waals surface area contributed by atoms with Gasteiger partial charge in [0, 0.05) is 13.0 Å². The van der Waals surface area contributed by atoms with Crippen LogP contribution in [0.2, 0.25) is 6.32 Å². The maximum absolute atomic E-state index is 12.4. The Morgan fingerprint density at radius 3 is 2.71 bits per heavy atom. The quantitative estimate of drug-likeness (QED) is 0.361. The first kappa shape index (κ1) is 19.0. The molecule has 1 aromatic carbocycles. The van der Waals surface area contributed by atoms with Crippen LogP contribution in [0.15, 0.2) is 12.1 Å². The third-order valence-electron chi connectivity index (χ3n) is 5.48. The predicted molar refractivity (Wildman–Crippen MR) is 96.8 cm³/mol. The van der Waals surface area contributed by atoms with E-state index in [1.54, 1.807) is 17.0 Å². The number of rotatable bonds is 4. The van der Waals surface area contributed by atoms with Gasteiger partial charge in [-0.1, -0.05) is 12.4 Å². The number of fused-ring (bicyclic) bond motifs is 1. The Hall–Kier alpha value is -2.34. The molecule has 2 atom stereocenters. The topological polar surface area (TPSA) is 156 Å². The van der Waals surface area contributed by atoms with Gasteiger partial charge in [0.15, 0.2) is 0 Å². The third kappa shape index (κ3) is 3.53. The number of carbonyl (C=O) groups excluding carboxylic acids is 1. The summed E-state index contributed by atoms with van der Waals surface area (Å²) in [7, 11) is 0. The molecule has 0 unspecified atom stereocenters. The van der Waals surface area contributed by atoms with Crippen LogP contribution in [-0.2, 0) is 11.2 Å². The largest absolute Gasteiger partial charge is 0.669 e. The van der Waals surface area contributed by atoms with Crippen LogP contribution in [-0.4, -0.2) is 76.5 Å². The fourth-order valence-corrected chi connectivity index (χ4v) is 3.92. The third-order valence-corrected chi connectivity index (χ3v) is 5.48. The van der Waals surface area contributed by atoms with Crippen LogP contribution in [0.3, 0.4) is 0 Å². The van der Waals surface area contributed by atoms with Gasteiger partial charge in [0.2, 0.25) is 5.91 Å². The number of carbonyl (C=O) groups is 2. The number of nitrogens with zero attached hydrogens (tertiary/aromatic N) is 1. The molecule has 0 radical (unpaired) electrons. The molecule has 0 bridgehead atoms. The lowest BCUT2D eigenvalue weighted by molar-refractivity contribution is -0.413. The number of ether oxygens (including phenoxy) is 1. The molecule has 7 N–H and O–H groups in total. The molecular formula is C17H24BN3O7. The smallest absolute Gasteiger partial charge is 0.430 e. The summed E-state index contributed by atoms with van der Waals surface area (Å²) in [5.74, 6) is -1.24. The number of hydrogen-bond acceptors (Lipinski definition) is 7. The number of nitrogens with one attached hydrogen (secondary N) is 1. The van der Waals surface area contributed by atoms with Crippen LogP contribution in [0.1, 0.15) is 22.3 Å². The van der Waals surface area contributed by atoms with E-state index in [9.17, 15) is 24.7 Å². The summed E-state index contributed by atoms with van der Waals surface area (Å²) in [6.45, 7) is -1.63. The molecule has 2 fully saturated rings. The maximum Gasteiger partial charge on any atom is 0.430 e. The van der Waals surface area contributed by atoms with Gasteiger partial charge < -0.3 is 35.2 Å². The number of aromatic carboxylic acids is 1. The molecule has 0 aromatic heterocycles. The number of aryl methyl sites for hydroxylation is 1.